The average Bonchev–Trinajstić information content (AvgIpc) is 3.16. The van der Waals surface area contributed by atoms with Gasteiger partial charge in [-0.2, -0.15) is 4.98 Å². The van der Waals surface area contributed by atoms with Crippen LogP contribution in [-0.4, -0.2) is 40.4 Å². The van der Waals surface area contributed by atoms with Crippen molar-refractivity contribution in [2.75, 3.05) is 16.8 Å². The van der Waals surface area contributed by atoms with Crippen LogP contribution in [0.4, 0.5) is 20.3 Å². The molecule has 0 saturated heterocycles. The molecular weight excluding hydrogens is 302 g/mol. The van der Waals surface area contributed by atoms with E-state index in [4.69, 9.17) is 11.6 Å². The molecule has 1 spiro atoms. The van der Waals surface area contributed by atoms with Gasteiger partial charge in [-0.15, -0.1) is 0 Å². The fraction of sp³-hybridized carbons (Fsp3) is 0.615. The number of rotatable bonds is 1. The minimum Gasteiger partial charge on any atom is -0.337 e. The van der Waals surface area contributed by atoms with Crippen molar-refractivity contribution in [1.82, 2.24) is 9.97 Å². The molecule has 1 aromatic heterocycles. The van der Waals surface area contributed by atoms with Crippen LogP contribution >= 0.6 is 11.6 Å². The van der Waals surface area contributed by atoms with Crippen LogP contribution in [0.1, 0.15) is 25.7 Å². The molecular formula is C13H13ClF2N4O. The summed E-state index contributed by atoms with van der Waals surface area (Å²) in [5.74, 6) is -2.23. The minimum atomic E-state index is -2.65. The number of nitrogens with zero attached hydrogens (tertiary/aromatic N) is 4. The Kier molecular flexibility index (Phi) is 2.40. The van der Waals surface area contributed by atoms with E-state index >= 15 is 0 Å². The van der Waals surface area contributed by atoms with Crippen LogP contribution in [0.3, 0.4) is 0 Å². The van der Waals surface area contributed by atoms with Crippen LogP contribution in [0.25, 0.3) is 0 Å². The topological polar surface area (TPSA) is 49.3 Å². The van der Waals surface area contributed by atoms with E-state index in [1.807, 2.05) is 0 Å². The zero-order valence-corrected chi connectivity index (χ0v) is 12.1. The van der Waals surface area contributed by atoms with E-state index in [0.29, 0.717) is 24.3 Å². The molecule has 21 heavy (non-hydrogen) atoms. The van der Waals surface area contributed by atoms with Crippen molar-refractivity contribution in [2.45, 2.75) is 43.2 Å². The molecule has 2 heterocycles. The molecule has 0 bridgehead atoms. The van der Waals surface area contributed by atoms with Crippen molar-refractivity contribution in [3.8, 4) is 0 Å². The number of alkyl halides is 2. The number of carbonyl (C=O) groups excluding carboxylic acids is 1. The first-order chi connectivity index (χ1) is 9.84. The average molecular weight is 315 g/mol. The molecule has 0 radical (unpaired) electrons. The summed E-state index contributed by atoms with van der Waals surface area (Å²) in [4.78, 5) is 24.0. The van der Waals surface area contributed by atoms with Crippen molar-refractivity contribution >= 4 is 29.0 Å². The van der Waals surface area contributed by atoms with Gasteiger partial charge in [-0.1, -0.05) is 0 Å². The van der Waals surface area contributed by atoms with Crippen LogP contribution in [0.5, 0.6) is 0 Å². The number of aromatic nitrogens is 2. The van der Waals surface area contributed by atoms with Gasteiger partial charge in [0.2, 0.25) is 5.28 Å². The molecule has 2 saturated carbocycles. The zero-order chi connectivity index (χ0) is 15.0. The summed E-state index contributed by atoms with van der Waals surface area (Å²) in [6.07, 6.45) is 2.32. The first-order valence-corrected chi connectivity index (χ1v) is 7.20. The van der Waals surface area contributed by atoms with Gasteiger partial charge in [0.05, 0.1) is 6.20 Å². The van der Waals surface area contributed by atoms with Crippen LogP contribution in [0.2, 0.25) is 5.28 Å². The second-order valence-electron chi connectivity index (χ2n) is 6.03. The third kappa shape index (κ3) is 1.70. The Morgan fingerprint density at radius 3 is 2.62 bits per heavy atom. The molecule has 5 nitrogen and oxygen atoms in total. The van der Waals surface area contributed by atoms with Crippen molar-refractivity contribution in [2.24, 2.45) is 0 Å². The maximum atomic E-state index is 13.3. The number of amides is 1. The molecule has 0 atom stereocenters. The molecule has 112 valence electrons. The number of hydrogen-bond acceptors (Lipinski definition) is 4. The lowest BCUT2D eigenvalue weighted by Crippen LogP contribution is -2.63. The Balaban J connectivity index is 1.82. The predicted octanol–water partition coefficient (Wildman–Crippen LogP) is 2.24. The van der Waals surface area contributed by atoms with Gasteiger partial charge in [-0.05, 0) is 24.4 Å². The SMILES string of the molecule is CN1C(=O)C2(CC2)N(C2CC(F)(F)C2)c2nc(Cl)ncc21. The number of hydrogen-bond donors (Lipinski definition) is 0. The van der Waals surface area contributed by atoms with Crippen molar-refractivity contribution in [3.63, 3.8) is 0 Å². The standard InChI is InChI=1S/C13H13ClF2N4O/c1-19-8-6-17-11(14)18-9(8)20(7-4-13(15,16)5-7)12(2-3-12)10(19)21/h6-7H,2-5H2,1H3. The van der Waals surface area contributed by atoms with Gasteiger partial charge in [0.1, 0.15) is 11.2 Å². The predicted molar refractivity (Wildman–Crippen MR) is 72.9 cm³/mol. The molecule has 0 unspecified atom stereocenters. The van der Waals surface area contributed by atoms with Crippen molar-refractivity contribution < 1.29 is 13.6 Å². The van der Waals surface area contributed by atoms with Gasteiger partial charge in [0.25, 0.3) is 11.8 Å². The van der Waals surface area contributed by atoms with E-state index in [2.05, 4.69) is 9.97 Å². The Morgan fingerprint density at radius 1 is 1.38 bits per heavy atom. The van der Waals surface area contributed by atoms with Crippen molar-refractivity contribution in [1.29, 1.82) is 0 Å². The second kappa shape index (κ2) is 3.82. The molecule has 1 amide bonds. The molecule has 0 N–H and O–H groups in total. The van der Waals surface area contributed by atoms with Crippen LogP contribution in [0, 0.1) is 0 Å². The summed E-state index contributed by atoms with van der Waals surface area (Å²) in [5, 5.41) is 0.0587. The highest BCUT2D eigenvalue weighted by atomic mass is 35.5. The van der Waals surface area contributed by atoms with E-state index in [1.165, 1.54) is 11.1 Å². The number of carbonyl (C=O) groups is 1. The van der Waals surface area contributed by atoms with Gasteiger partial charge in [0, 0.05) is 25.9 Å². The molecule has 2 aliphatic carbocycles. The van der Waals surface area contributed by atoms with Crippen molar-refractivity contribution in [3.05, 3.63) is 11.5 Å². The second-order valence-corrected chi connectivity index (χ2v) is 6.37. The fourth-order valence-corrected chi connectivity index (χ4v) is 3.52. The highest BCUT2D eigenvalue weighted by Crippen LogP contribution is 2.56. The molecule has 0 aromatic carbocycles. The first kappa shape index (κ1) is 13.2. The molecule has 3 aliphatic rings. The molecule has 4 rings (SSSR count). The maximum absolute atomic E-state index is 13.3. The Labute approximate surface area is 124 Å². The molecule has 1 aromatic rings. The van der Waals surface area contributed by atoms with Crippen LogP contribution in [0.15, 0.2) is 6.20 Å². The summed E-state index contributed by atoms with van der Waals surface area (Å²) in [7, 11) is 1.66. The maximum Gasteiger partial charge on any atom is 0.252 e. The quantitative estimate of drug-likeness (QED) is 0.746. The largest absolute Gasteiger partial charge is 0.337 e. The van der Waals surface area contributed by atoms with Gasteiger partial charge < -0.3 is 9.80 Å². The van der Waals surface area contributed by atoms with E-state index in [0.717, 1.165) is 0 Å². The van der Waals surface area contributed by atoms with E-state index in [9.17, 15) is 13.6 Å². The molecule has 2 fully saturated rings. The van der Waals surface area contributed by atoms with Gasteiger partial charge in [0.15, 0.2) is 5.82 Å². The number of anilines is 2. The van der Waals surface area contributed by atoms with E-state index in [-0.39, 0.29) is 30.1 Å². The Morgan fingerprint density at radius 2 is 2.05 bits per heavy atom. The van der Waals surface area contributed by atoms with Crippen LogP contribution < -0.4 is 9.80 Å². The van der Waals surface area contributed by atoms with E-state index < -0.39 is 11.5 Å². The van der Waals surface area contributed by atoms with Crippen LogP contribution in [-0.2, 0) is 4.79 Å². The third-order valence-electron chi connectivity index (χ3n) is 4.63. The van der Waals surface area contributed by atoms with Gasteiger partial charge >= 0.3 is 0 Å². The number of halogens is 3. The highest BCUT2D eigenvalue weighted by molar-refractivity contribution is 6.28. The fourth-order valence-electron chi connectivity index (χ4n) is 3.39. The summed E-state index contributed by atoms with van der Waals surface area (Å²) in [6, 6.07) is -0.370. The van der Waals surface area contributed by atoms with Gasteiger partial charge in [-0.25, -0.2) is 13.8 Å². The highest BCUT2D eigenvalue weighted by Gasteiger charge is 2.64. The molecule has 1 aliphatic heterocycles. The number of fused-ring (bicyclic) bond motifs is 1. The third-order valence-corrected chi connectivity index (χ3v) is 4.81. The smallest absolute Gasteiger partial charge is 0.252 e. The summed E-state index contributed by atoms with van der Waals surface area (Å²) >= 11 is 5.86. The summed E-state index contributed by atoms with van der Waals surface area (Å²) < 4.78 is 26.5. The lowest BCUT2D eigenvalue weighted by atomic mass is 9.84. The summed E-state index contributed by atoms with van der Waals surface area (Å²) in [6.45, 7) is 0. The number of likely N-dealkylation sites (N-methyl/N-ethyl adjacent to an activating group) is 1. The normalized spacial score (nSPS) is 25.8. The monoisotopic (exact) mass is 314 g/mol. The minimum absolute atomic E-state index is 0.0587. The lowest BCUT2D eigenvalue weighted by Gasteiger charge is -2.50. The zero-order valence-electron chi connectivity index (χ0n) is 11.3. The summed E-state index contributed by atoms with van der Waals surface area (Å²) in [5.41, 5.74) is -0.183. The lowest BCUT2D eigenvalue weighted by molar-refractivity contribution is -0.123. The Bertz CT molecular complexity index is 641. The van der Waals surface area contributed by atoms with Gasteiger partial charge in [-0.3, -0.25) is 4.79 Å². The Hall–Kier alpha value is -1.50. The van der Waals surface area contributed by atoms with E-state index in [1.54, 1.807) is 11.9 Å². The molecule has 8 heteroatoms. The first-order valence-electron chi connectivity index (χ1n) is 6.82.